The summed E-state index contributed by atoms with van der Waals surface area (Å²) in [6.45, 7) is 0. The van der Waals surface area contributed by atoms with Gasteiger partial charge in [0.2, 0.25) is 0 Å². The van der Waals surface area contributed by atoms with Crippen LogP contribution in [0.2, 0.25) is 0 Å². The number of para-hydroxylation sites is 1. The molecule has 1 saturated heterocycles. The van der Waals surface area contributed by atoms with Gasteiger partial charge in [-0.15, -0.1) is 0 Å². The average molecular weight is 260 g/mol. The Kier molecular flexibility index (Phi) is 3.41. The molecular weight excluding hydrogens is 244 g/mol. The van der Waals surface area contributed by atoms with E-state index in [1.54, 1.807) is 0 Å². The molecule has 18 heavy (non-hydrogen) atoms. The van der Waals surface area contributed by atoms with E-state index in [0.29, 0.717) is 18.1 Å². The van der Waals surface area contributed by atoms with E-state index in [4.69, 9.17) is 4.42 Å². The first-order valence-electron chi connectivity index (χ1n) is 6.42. The standard InChI is InChI=1S/C15H16O2S/c16-13(9-11-5-7-18-8-6-11)15-10-12-3-1-2-4-14(12)17-15/h1-4,10-11H,5-9H2. The average Bonchev–Trinajstić information content (AvgIpc) is 2.84. The van der Waals surface area contributed by atoms with E-state index >= 15 is 0 Å². The molecule has 0 aliphatic carbocycles. The van der Waals surface area contributed by atoms with Crippen molar-refractivity contribution in [3.05, 3.63) is 36.1 Å². The number of hydrogen-bond donors (Lipinski definition) is 0. The smallest absolute Gasteiger partial charge is 0.198 e. The van der Waals surface area contributed by atoms with Crippen LogP contribution < -0.4 is 0 Å². The highest BCUT2D eigenvalue weighted by atomic mass is 32.2. The van der Waals surface area contributed by atoms with Crippen molar-refractivity contribution < 1.29 is 9.21 Å². The summed E-state index contributed by atoms with van der Waals surface area (Å²) >= 11 is 1.99. The van der Waals surface area contributed by atoms with Gasteiger partial charge in [-0.25, -0.2) is 0 Å². The van der Waals surface area contributed by atoms with Crippen molar-refractivity contribution in [2.24, 2.45) is 5.92 Å². The third-order valence-corrected chi connectivity index (χ3v) is 4.56. The molecule has 0 amide bonds. The predicted molar refractivity (Wildman–Crippen MR) is 75.2 cm³/mol. The van der Waals surface area contributed by atoms with Crippen LogP contribution >= 0.6 is 11.8 Å². The maximum atomic E-state index is 12.2. The molecule has 0 saturated carbocycles. The van der Waals surface area contributed by atoms with Gasteiger partial charge in [0, 0.05) is 11.8 Å². The Bertz CT molecular complexity index is 519. The molecule has 2 aromatic rings. The van der Waals surface area contributed by atoms with Gasteiger partial charge >= 0.3 is 0 Å². The zero-order chi connectivity index (χ0) is 12.4. The second-order valence-corrected chi connectivity index (χ2v) is 6.06. The second kappa shape index (κ2) is 5.19. The Morgan fingerprint density at radius 2 is 2.06 bits per heavy atom. The maximum absolute atomic E-state index is 12.2. The zero-order valence-electron chi connectivity index (χ0n) is 10.2. The largest absolute Gasteiger partial charge is 0.453 e. The minimum Gasteiger partial charge on any atom is -0.453 e. The molecule has 0 N–H and O–H groups in total. The summed E-state index contributed by atoms with van der Waals surface area (Å²) < 4.78 is 5.62. The fourth-order valence-corrected chi connectivity index (χ4v) is 3.64. The number of carbonyl (C=O) groups is 1. The lowest BCUT2D eigenvalue weighted by molar-refractivity contribution is 0.0933. The van der Waals surface area contributed by atoms with Gasteiger partial charge < -0.3 is 4.42 Å². The van der Waals surface area contributed by atoms with E-state index in [0.717, 1.165) is 23.8 Å². The van der Waals surface area contributed by atoms with Gasteiger partial charge in [0.1, 0.15) is 5.58 Å². The van der Waals surface area contributed by atoms with Gasteiger partial charge in [0.15, 0.2) is 11.5 Å². The molecule has 1 fully saturated rings. The molecule has 3 heteroatoms. The number of hydrogen-bond acceptors (Lipinski definition) is 3. The zero-order valence-corrected chi connectivity index (χ0v) is 11.0. The minimum atomic E-state index is 0.156. The van der Waals surface area contributed by atoms with Crippen molar-refractivity contribution in [2.45, 2.75) is 19.3 Å². The summed E-state index contributed by atoms with van der Waals surface area (Å²) in [7, 11) is 0. The number of thioether (sulfide) groups is 1. The van der Waals surface area contributed by atoms with Crippen molar-refractivity contribution in [1.29, 1.82) is 0 Å². The van der Waals surface area contributed by atoms with Crippen molar-refractivity contribution in [1.82, 2.24) is 0 Å². The number of fused-ring (bicyclic) bond motifs is 1. The minimum absolute atomic E-state index is 0.156. The number of rotatable bonds is 3. The lowest BCUT2D eigenvalue weighted by Crippen LogP contribution is -2.14. The summed E-state index contributed by atoms with van der Waals surface area (Å²) in [4.78, 5) is 12.2. The number of furan rings is 1. The highest BCUT2D eigenvalue weighted by Gasteiger charge is 2.20. The van der Waals surface area contributed by atoms with Gasteiger partial charge in [-0.3, -0.25) is 4.79 Å². The van der Waals surface area contributed by atoms with Gasteiger partial charge in [-0.2, -0.15) is 11.8 Å². The van der Waals surface area contributed by atoms with E-state index in [-0.39, 0.29) is 5.78 Å². The molecule has 1 aliphatic heterocycles. The first-order valence-corrected chi connectivity index (χ1v) is 7.58. The summed E-state index contributed by atoms with van der Waals surface area (Å²) in [5, 5.41) is 1.01. The van der Waals surface area contributed by atoms with Gasteiger partial charge in [-0.05, 0) is 42.4 Å². The number of Topliss-reactive ketones (excluding diaryl/α,β-unsaturated/α-hetero) is 1. The lowest BCUT2D eigenvalue weighted by Gasteiger charge is -2.19. The van der Waals surface area contributed by atoms with E-state index in [2.05, 4.69) is 0 Å². The van der Waals surface area contributed by atoms with Crippen molar-refractivity contribution in [3.8, 4) is 0 Å². The summed E-state index contributed by atoms with van der Waals surface area (Å²) in [5.41, 5.74) is 0.806. The first kappa shape index (κ1) is 11.8. The molecular formula is C15H16O2S. The highest BCUT2D eigenvalue weighted by Crippen LogP contribution is 2.28. The fraction of sp³-hybridized carbons (Fsp3) is 0.400. The second-order valence-electron chi connectivity index (χ2n) is 4.83. The lowest BCUT2D eigenvalue weighted by atomic mass is 9.95. The topological polar surface area (TPSA) is 30.2 Å². The van der Waals surface area contributed by atoms with Crippen LogP contribution in [0.5, 0.6) is 0 Å². The van der Waals surface area contributed by atoms with Gasteiger partial charge in [0.05, 0.1) is 0 Å². The monoisotopic (exact) mass is 260 g/mol. The van der Waals surface area contributed by atoms with Gasteiger partial charge in [-0.1, -0.05) is 18.2 Å². The van der Waals surface area contributed by atoms with Crippen molar-refractivity contribution in [3.63, 3.8) is 0 Å². The number of ketones is 1. The van der Waals surface area contributed by atoms with Gasteiger partial charge in [0.25, 0.3) is 0 Å². The van der Waals surface area contributed by atoms with Crippen LogP contribution in [0.25, 0.3) is 11.0 Å². The molecule has 94 valence electrons. The molecule has 0 unspecified atom stereocenters. The molecule has 1 aromatic carbocycles. The summed E-state index contributed by atoms with van der Waals surface area (Å²) in [6, 6.07) is 9.65. The molecule has 0 spiro atoms. The van der Waals surface area contributed by atoms with Crippen LogP contribution in [0.1, 0.15) is 29.8 Å². The summed E-state index contributed by atoms with van der Waals surface area (Å²) in [5.74, 6) is 3.61. The molecule has 2 heterocycles. The first-order chi connectivity index (χ1) is 8.83. The normalized spacial score (nSPS) is 17.1. The highest BCUT2D eigenvalue weighted by molar-refractivity contribution is 7.99. The Morgan fingerprint density at radius 3 is 2.83 bits per heavy atom. The fourth-order valence-electron chi connectivity index (χ4n) is 2.43. The third-order valence-electron chi connectivity index (χ3n) is 3.52. The van der Waals surface area contributed by atoms with E-state index in [1.807, 2.05) is 42.1 Å². The molecule has 0 radical (unpaired) electrons. The molecule has 0 bridgehead atoms. The van der Waals surface area contributed by atoms with Crippen LogP contribution in [-0.2, 0) is 0 Å². The number of carbonyl (C=O) groups excluding carboxylic acids is 1. The van der Waals surface area contributed by atoms with Crippen molar-refractivity contribution >= 4 is 28.5 Å². The van der Waals surface area contributed by atoms with Crippen LogP contribution in [0, 0.1) is 5.92 Å². The van der Waals surface area contributed by atoms with Crippen LogP contribution in [0.4, 0.5) is 0 Å². The van der Waals surface area contributed by atoms with Crippen molar-refractivity contribution in [2.75, 3.05) is 11.5 Å². The van der Waals surface area contributed by atoms with Crippen LogP contribution in [-0.4, -0.2) is 17.3 Å². The molecule has 1 aliphatic rings. The van der Waals surface area contributed by atoms with E-state index in [1.165, 1.54) is 11.5 Å². The van der Waals surface area contributed by atoms with E-state index in [9.17, 15) is 4.79 Å². The summed E-state index contributed by atoms with van der Waals surface area (Å²) in [6.07, 6.45) is 2.97. The third kappa shape index (κ3) is 2.46. The quantitative estimate of drug-likeness (QED) is 0.777. The Balaban J connectivity index is 1.74. The molecule has 2 nitrogen and oxygen atoms in total. The van der Waals surface area contributed by atoms with E-state index < -0.39 is 0 Å². The Morgan fingerprint density at radius 1 is 1.28 bits per heavy atom. The maximum Gasteiger partial charge on any atom is 0.198 e. The van der Waals surface area contributed by atoms with Crippen LogP contribution in [0.3, 0.4) is 0 Å². The molecule has 1 aromatic heterocycles. The SMILES string of the molecule is O=C(CC1CCSCC1)c1cc2ccccc2o1. The molecule has 3 rings (SSSR count). The Labute approximate surface area is 111 Å². The predicted octanol–water partition coefficient (Wildman–Crippen LogP) is 4.15. The number of benzene rings is 1. The Hall–Kier alpha value is -1.22. The van der Waals surface area contributed by atoms with Crippen LogP contribution in [0.15, 0.2) is 34.7 Å². The molecule has 0 atom stereocenters.